The summed E-state index contributed by atoms with van der Waals surface area (Å²) >= 11 is 0. The van der Waals surface area contributed by atoms with Crippen molar-refractivity contribution in [2.45, 2.75) is 6.42 Å². The highest BCUT2D eigenvalue weighted by Crippen LogP contribution is 2.39. The molecule has 4 aromatic heterocycles. The van der Waals surface area contributed by atoms with Crippen molar-refractivity contribution in [2.24, 2.45) is 0 Å². The monoisotopic (exact) mass is 798 g/mol. The fourth-order valence-corrected chi connectivity index (χ4v) is 8.44. The minimum atomic E-state index is 0.525. The first-order valence-electron chi connectivity index (χ1n) is 20.5. The molecule has 0 radical (unpaired) electrons. The first kappa shape index (κ1) is 35.5. The van der Waals surface area contributed by atoms with Crippen LogP contribution in [-0.2, 0) is 0 Å². The van der Waals surface area contributed by atoms with Crippen LogP contribution in [0.3, 0.4) is 0 Å². The minimum absolute atomic E-state index is 0.525. The van der Waals surface area contributed by atoms with E-state index in [1.165, 1.54) is 5.39 Å². The lowest BCUT2D eigenvalue weighted by atomic mass is 9.90. The molecule has 1 aliphatic carbocycles. The molecule has 8 heteroatoms. The number of allylic oxidation sites excluding steroid dienone is 5. The van der Waals surface area contributed by atoms with Gasteiger partial charge in [0.1, 0.15) is 11.0 Å². The van der Waals surface area contributed by atoms with Gasteiger partial charge in [0.15, 0.2) is 28.6 Å². The number of oxazole rings is 2. The maximum atomic E-state index is 6.52. The Bertz CT molecular complexity index is 3560. The van der Waals surface area contributed by atoms with E-state index >= 15 is 0 Å². The lowest BCUT2D eigenvalue weighted by Gasteiger charge is -2.15. The Morgan fingerprint density at radius 3 is 1.79 bits per heavy atom. The predicted molar refractivity (Wildman–Crippen MR) is 247 cm³/mol. The second kappa shape index (κ2) is 14.4. The van der Waals surface area contributed by atoms with Crippen LogP contribution in [0.25, 0.3) is 106 Å². The summed E-state index contributed by atoms with van der Waals surface area (Å²) in [6, 6.07) is 57.3. The zero-order chi connectivity index (χ0) is 41.1. The number of nitrogens with zero attached hydrogens (tertiary/aromatic N) is 6. The third-order valence-corrected chi connectivity index (χ3v) is 11.4. The van der Waals surface area contributed by atoms with Gasteiger partial charge in [-0.2, -0.15) is 0 Å². The average Bonchev–Trinajstić information content (AvgIpc) is 4.05. The summed E-state index contributed by atoms with van der Waals surface area (Å²) in [5, 5.41) is 2.32. The molecule has 62 heavy (non-hydrogen) atoms. The number of fused-ring (bicyclic) bond motifs is 5. The van der Waals surface area contributed by atoms with E-state index in [1.807, 2.05) is 115 Å². The molecular formula is C54H34N6O2. The van der Waals surface area contributed by atoms with Crippen molar-refractivity contribution in [3.63, 3.8) is 0 Å². The minimum Gasteiger partial charge on any atom is -0.436 e. The predicted octanol–water partition coefficient (Wildman–Crippen LogP) is 13.3. The molecule has 0 atom stereocenters. The smallest absolute Gasteiger partial charge is 0.227 e. The SMILES string of the molecule is C=C1C=C(c2nc3ccc(-c4nc(-c5ccccc5)nc(-c5ccccc5)n4)cc3o2)C=C(c2ccc3c(c2)c2ccccc2n3-c2ccc3oc(-c4ccccc4)nc3c2)C1. The topological polar surface area (TPSA) is 95.7 Å². The van der Waals surface area contributed by atoms with Gasteiger partial charge in [-0.1, -0.05) is 115 Å². The van der Waals surface area contributed by atoms with Gasteiger partial charge in [-0.25, -0.2) is 24.9 Å². The largest absolute Gasteiger partial charge is 0.436 e. The van der Waals surface area contributed by atoms with E-state index in [4.69, 9.17) is 33.8 Å². The molecule has 12 rings (SSSR count). The van der Waals surface area contributed by atoms with Gasteiger partial charge in [-0.05, 0) is 96.4 Å². The molecule has 292 valence electrons. The average molecular weight is 799 g/mol. The van der Waals surface area contributed by atoms with Crippen molar-refractivity contribution >= 4 is 55.2 Å². The highest BCUT2D eigenvalue weighted by Gasteiger charge is 2.20. The molecule has 4 heterocycles. The number of benzene rings is 7. The molecular weight excluding hydrogens is 765 g/mol. The Balaban J connectivity index is 0.897. The van der Waals surface area contributed by atoms with Crippen LogP contribution in [-0.4, -0.2) is 29.5 Å². The molecule has 0 aliphatic heterocycles. The summed E-state index contributed by atoms with van der Waals surface area (Å²) in [6.45, 7) is 4.41. The normalized spacial score (nSPS) is 13.0. The van der Waals surface area contributed by atoms with Gasteiger partial charge in [0, 0.05) is 44.3 Å². The van der Waals surface area contributed by atoms with Crippen LogP contribution < -0.4 is 0 Å². The van der Waals surface area contributed by atoms with E-state index in [2.05, 4.69) is 77.9 Å². The zero-order valence-corrected chi connectivity index (χ0v) is 33.2. The van der Waals surface area contributed by atoms with E-state index in [1.54, 1.807) is 0 Å². The number of aromatic nitrogens is 6. The number of rotatable bonds is 7. The van der Waals surface area contributed by atoms with E-state index in [9.17, 15) is 0 Å². The van der Waals surface area contributed by atoms with Gasteiger partial charge in [0.25, 0.3) is 0 Å². The Kier molecular flexibility index (Phi) is 8.21. The second-order valence-electron chi connectivity index (χ2n) is 15.5. The summed E-state index contributed by atoms with van der Waals surface area (Å²) < 4.78 is 15.0. The van der Waals surface area contributed by atoms with Crippen LogP contribution in [0.4, 0.5) is 0 Å². The lowest BCUT2D eigenvalue weighted by Crippen LogP contribution is -2.00. The van der Waals surface area contributed by atoms with Gasteiger partial charge in [-0.15, -0.1) is 0 Å². The quantitative estimate of drug-likeness (QED) is 0.158. The molecule has 0 saturated heterocycles. The summed E-state index contributed by atoms with van der Waals surface area (Å²) in [6.07, 6.45) is 4.94. The lowest BCUT2D eigenvalue weighted by molar-refractivity contribution is 0.585. The van der Waals surface area contributed by atoms with E-state index in [-0.39, 0.29) is 0 Å². The molecule has 0 amide bonds. The molecule has 0 spiro atoms. The van der Waals surface area contributed by atoms with Crippen molar-refractivity contribution in [3.8, 4) is 51.3 Å². The van der Waals surface area contributed by atoms with Gasteiger partial charge >= 0.3 is 0 Å². The maximum absolute atomic E-state index is 6.52. The van der Waals surface area contributed by atoms with Crippen LogP contribution in [0, 0.1) is 0 Å². The van der Waals surface area contributed by atoms with Gasteiger partial charge in [0.2, 0.25) is 11.8 Å². The highest BCUT2D eigenvalue weighted by molar-refractivity contribution is 6.10. The molecule has 0 fully saturated rings. The standard InChI is InChI=1S/C54H34N6O2/c1-33-27-39(37-22-25-47-43(30-37)42-19-11-12-20-46(42)60(47)41-23-26-48-45(32-41)56-53(61-48)36-17-9-4-10-18-36)29-40(28-33)54-55-44-24-21-38(31-49(44)62-54)52-58-50(34-13-5-2-6-14-34)57-51(59-52)35-15-7-3-8-16-35/h2-26,28-32H,1,27H2. The summed E-state index contributed by atoms with van der Waals surface area (Å²) in [5.74, 6) is 2.89. The summed E-state index contributed by atoms with van der Waals surface area (Å²) in [7, 11) is 0. The molecule has 7 aromatic carbocycles. The Labute approximate surface area is 355 Å². The second-order valence-corrected chi connectivity index (χ2v) is 15.5. The highest BCUT2D eigenvalue weighted by atomic mass is 16.4. The van der Waals surface area contributed by atoms with E-state index < -0.39 is 0 Å². The molecule has 0 saturated carbocycles. The van der Waals surface area contributed by atoms with Crippen molar-refractivity contribution in [1.82, 2.24) is 29.5 Å². The maximum Gasteiger partial charge on any atom is 0.227 e. The van der Waals surface area contributed by atoms with Crippen LogP contribution in [0.2, 0.25) is 0 Å². The number of hydrogen-bond donors (Lipinski definition) is 0. The number of hydrogen-bond acceptors (Lipinski definition) is 7. The van der Waals surface area contributed by atoms with Crippen molar-refractivity contribution in [2.75, 3.05) is 0 Å². The molecule has 0 N–H and O–H groups in total. The molecule has 11 aromatic rings. The Morgan fingerprint density at radius 2 is 1.05 bits per heavy atom. The first-order valence-corrected chi connectivity index (χ1v) is 20.5. The van der Waals surface area contributed by atoms with Crippen molar-refractivity contribution in [3.05, 3.63) is 206 Å². The third kappa shape index (κ3) is 6.21. The first-order chi connectivity index (χ1) is 30.6. The van der Waals surface area contributed by atoms with E-state index in [0.717, 1.165) is 83.3 Å². The van der Waals surface area contributed by atoms with E-state index in [0.29, 0.717) is 41.3 Å². The van der Waals surface area contributed by atoms with Crippen LogP contribution >= 0.6 is 0 Å². The van der Waals surface area contributed by atoms with Gasteiger partial charge < -0.3 is 13.4 Å². The summed E-state index contributed by atoms with van der Waals surface area (Å²) in [5.41, 5.74) is 13.9. The zero-order valence-electron chi connectivity index (χ0n) is 33.2. The van der Waals surface area contributed by atoms with Crippen LogP contribution in [0.1, 0.15) is 17.9 Å². The number of para-hydroxylation sites is 1. The molecule has 1 aliphatic rings. The third-order valence-electron chi connectivity index (χ3n) is 11.4. The fraction of sp³-hybridized carbons (Fsp3) is 0.0185. The Morgan fingerprint density at radius 1 is 0.435 bits per heavy atom. The Hall–Kier alpha value is -8.49. The summed E-state index contributed by atoms with van der Waals surface area (Å²) in [4.78, 5) is 24.5. The van der Waals surface area contributed by atoms with Crippen LogP contribution in [0.15, 0.2) is 203 Å². The van der Waals surface area contributed by atoms with Crippen molar-refractivity contribution < 1.29 is 8.83 Å². The van der Waals surface area contributed by atoms with Gasteiger partial charge in [-0.3, -0.25) is 0 Å². The van der Waals surface area contributed by atoms with Gasteiger partial charge in [0.05, 0.1) is 11.0 Å². The molecule has 8 nitrogen and oxygen atoms in total. The fourth-order valence-electron chi connectivity index (χ4n) is 8.44. The molecule has 0 bridgehead atoms. The van der Waals surface area contributed by atoms with Crippen LogP contribution in [0.5, 0.6) is 0 Å². The van der Waals surface area contributed by atoms with Crippen molar-refractivity contribution in [1.29, 1.82) is 0 Å². The molecule has 0 unspecified atom stereocenters.